The third-order valence-electron chi connectivity index (χ3n) is 6.05. The second-order valence-corrected chi connectivity index (χ2v) is 8.73. The lowest BCUT2D eigenvalue weighted by molar-refractivity contribution is 0.197. The maximum Gasteiger partial charge on any atom is 0.191 e. The number of aliphatic imine (C=N–C) groups is 1. The van der Waals surface area contributed by atoms with Crippen LogP contribution in [0, 0.1) is 0 Å². The van der Waals surface area contributed by atoms with Gasteiger partial charge >= 0.3 is 0 Å². The summed E-state index contributed by atoms with van der Waals surface area (Å²) < 4.78 is 1.23. The summed E-state index contributed by atoms with van der Waals surface area (Å²) in [6, 6.07) is 10.1. The minimum Gasteiger partial charge on any atom is -0.356 e. The van der Waals surface area contributed by atoms with E-state index < -0.39 is 0 Å². The molecule has 2 saturated carbocycles. The largest absolute Gasteiger partial charge is 0.356 e. The average Bonchev–Trinajstić information content (AvgIpc) is 3.54. The molecule has 0 atom stereocenters. The summed E-state index contributed by atoms with van der Waals surface area (Å²) in [5.74, 6) is 0.961. The van der Waals surface area contributed by atoms with Gasteiger partial charge in [-0.3, -0.25) is 4.99 Å². The lowest BCUT2D eigenvalue weighted by Gasteiger charge is -2.33. The van der Waals surface area contributed by atoms with E-state index in [9.17, 15) is 0 Å². The molecule has 1 aliphatic heterocycles. The number of hydrogen-bond donors (Lipinski definition) is 2. The fraction of sp³-hybridized carbons (Fsp3) is 0.650. The van der Waals surface area contributed by atoms with Crippen molar-refractivity contribution in [3.63, 3.8) is 0 Å². The average molecular weight is 533 g/mol. The van der Waals surface area contributed by atoms with E-state index in [4.69, 9.17) is 0 Å². The molecule has 0 unspecified atom stereocenters. The van der Waals surface area contributed by atoms with Gasteiger partial charge in [-0.05, 0) is 50.2 Å². The first kappa shape index (κ1) is 20.4. The van der Waals surface area contributed by atoms with Crippen LogP contribution < -0.4 is 10.6 Å². The predicted molar refractivity (Wildman–Crippen MR) is 123 cm³/mol. The SMILES string of the molecule is CN=C(NCC1(c2ccccc2Br)CC1)NC1CCN(C2CC2)CC1.I. The lowest BCUT2D eigenvalue weighted by Crippen LogP contribution is -2.50. The number of guanidine groups is 1. The minimum atomic E-state index is 0. The van der Waals surface area contributed by atoms with Crippen LogP contribution in [0.2, 0.25) is 0 Å². The molecule has 0 bridgehead atoms. The Bertz CT molecular complexity index is 634. The van der Waals surface area contributed by atoms with Crippen molar-refractivity contribution in [3.8, 4) is 0 Å². The van der Waals surface area contributed by atoms with Crippen LogP contribution in [0.25, 0.3) is 0 Å². The number of benzene rings is 1. The van der Waals surface area contributed by atoms with Gasteiger partial charge in [0, 0.05) is 48.7 Å². The molecule has 0 aromatic heterocycles. The lowest BCUT2D eigenvalue weighted by atomic mass is 9.96. The van der Waals surface area contributed by atoms with Crippen LogP contribution in [-0.2, 0) is 5.41 Å². The fourth-order valence-electron chi connectivity index (χ4n) is 4.07. The molecule has 4 nitrogen and oxygen atoms in total. The number of nitrogens with zero attached hydrogens (tertiary/aromatic N) is 2. The highest BCUT2D eigenvalue weighted by molar-refractivity contribution is 14.0. The van der Waals surface area contributed by atoms with Gasteiger partial charge in [0.1, 0.15) is 0 Å². The van der Waals surface area contributed by atoms with Gasteiger partial charge in [0.05, 0.1) is 0 Å². The first-order chi connectivity index (χ1) is 12.2. The summed E-state index contributed by atoms with van der Waals surface area (Å²) in [4.78, 5) is 7.13. The second kappa shape index (κ2) is 8.78. The number of piperidine rings is 1. The maximum absolute atomic E-state index is 4.46. The van der Waals surface area contributed by atoms with Crippen LogP contribution in [-0.4, -0.2) is 49.6 Å². The summed E-state index contributed by atoms with van der Waals surface area (Å²) in [5, 5.41) is 7.25. The van der Waals surface area contributed by atoms with Crippen molar-refractivity contribution in [2.75, 3.05) is 26.7 Å². The number of rotatable bonds is 5. The predicted octanol–water partition coefficient (Wildman–Crippen LogP) is 3.89. The third kappa shape index (κ3) is 4.73. The third-order valence-corrected chi connectivity index (χ3v) is 6.74. The molecule has 0 spiro atoms. The molecule has 1 aromatic rings. The summed E-state index contributed by atoms with van der Waals surface area (Å²) >= 11 is 3.72. The van der Waals surface area contributed by atoms with E-state index in [0.717, 1.165) is 18.5 Å². The second-order valence-electron chi connectivity index (χ2n) is 7.87. The van der Waals surface area contributed by atoms with E-state index in [1.807, 2.05) is 7.05 Å². The van der Waals surface area contributed by atoms with Gasteiger partial charge in [-0.15, -0.1) is 24.0 Å². The van der Waals surface area contributed by atoms with Crippen LogP contribution in [0.15, 0.2) is 33.7 Å². The molecule has 3 fully saturated rings. The van der Waals surface area contributed by atoms with Gasteiger partial charge in [-0.25, -0.2) is 0 Å². The number of halogens is 2. The fourth-order valence-corrected chi connectivity index (χ4v) is 4.78. The molecule has 26 heavy (non-hydrogen) atoms. The molecule has 3 aliphatic rings. The van der Waals surface area contributed by atoms with Crippen LogP contribution in [0.3, 0.4) is 0 Å². The Hall–Kier alpha value is -0.340. The highest BCUT2D eigenvalue weighted by Gasteiger charge is 2.45. The van der Waals surface area contributed by atoms with Crippen molar-refractivity contribution in [1.29, 1.82) is 0 Å². The highest BCUT2D eigenvalue weighted by Crippen LogP contribution is 2.49. The van der Waals surface area contributed by atoms with Crippen molar-refractivity contribution in [2.45, 2.75) is 56.0 Å². The summed E-state index contributed by atoms with van der Waals surface area (Å²) in [5.41, 5.74) is 1.70. The molecule has 1 saturated heterocycles. The van der Waals surface area contributed by atoms with E-state index >= 15 is 0 Å². The Balaban J connectivity index is 0.00000196. The molecule has 4 rings (SSSR count). The number of likely N-dealkylation sites (tertiary alicyclic amines) is 1. The molecule has 0 amide bonds. The Morgan fingerprint density at radius 3 is 2.46 bits per heavy atom. The Morgan fingerprint density at radius 1 is 1.19 bits per heavy atom. The molecule has 0 radical (unpaired) electrons. The number of hydrogen-bond acceptors (Lipinski definition) is 2. The first-order valence-corrected chi connectivity index (χ1v) is 10.5. The zero-order valence-corrected chi connectivity index (χ0v) is 19.4. The molecule has 144 valence electrons. The van der Waals surface area contributed by atoms with Gasteiger partial charge in [-0.1, -0.05) is 34.1 Å². The van der Waals surface area contributed by atoms with Crippen LogP contribution >= 0.6 is 39.9 Å². The summed E-state index contributed by atoms with van der Waals surface area (Å²) in [7, 11) is 1.88. The first-order valence-electron chi connectivity index (χ1n) is 9.66. The van der Waals surface area contributed by atoms with E-state index in [-0.39, 0.29) is 29.4 Å². The zero-order chi connectivity index (χ0) is 17.3. The van der Waals surface area contributed by atoms with Gasteiger partial charge in [0.2, 0.25) is 0 Å². The molecular formula is C20H30BrIN4. The summed E-state index contributed by atoms with van der Waals surface area (Å²) in [6.45, 7) is 3.43. The van der Waals surface area contributed by atoms with Crippen molar-refractivity contribution in [1.82, 2.24) is 15.5 Å². The van der Waals surface area contributed by atoms with Crippen molar-refractivity contribution in [3.05, 3.63) is 34.3 Å². The molecule has 1 heterocycles. The minimum absolute atomic E-state index is 0. The van der Waals surface area contributed by atoms with Gasteiger partial charge in [-0.2, -0.15) is 0 Å². The van der Waals surface area contributed by atoms with Crippen LogP contribution in [0.4, 0.5) is 0 Å². The Morgan fingerprint density at radius 2 is 1.88 bits per heavy atom. The van der Waals surface area contributed by atoms with Crippen LogP contribution in [0.5, 0.6) is 0 Å². The standard InChI is InChI=1S/C20H29BrN4.HI/c1-22-19(24-15-8-12-25(13-9-15)16-6-7-16)23-14-20(10-11-20)17-4-2-3-5-18(17)21;/h2-5,15-16H,6-14H2,1H3,(H2,22,23,24);1H. The normalized spacial score (nSPS) is 23.2. The molecule has 1 aromatic carbocycles. The smallest absolute Gasteiger partial charge is 0.191 e. The van der Waals surface area contributed by atoms with Gasteiger partial charge in [0.25, 0.3) is 0 Å². The van der Waals surface area contributed by atoms with E-state index in [2.05, 4.69) is 60.7 Å². The highest BCUT2D eigenvalue weighted by atomic mass is 127. The zero-order valence-electron chi connectivity index (χ0n) is 15.5. The van der Waals surface area contributed by atoms with Crippen molar-refractivity contribution in [2.24, 2.45) is 4.99 Å². The molecule has 2 aliphatic carbocycles. The van der Waals surface area contributed by atoms with Crippen molar-refractivity contribution < 1.29 is 0 Å². The monoisotopic (exact) mass is 532 g/mol. The van der Waals surface area contributed by atoms with E-state index in [1.54, 1.807) is 0 Å². The van der Waals surface area contributed by atoms with Gasteiger partial charge < -0.3 is 15.5 Å². The number of nitrogens with one attached hydrogen (secondary N) is 2. The Labute approximate surface area is 182 Å². The Kier molecular flexibility index (Phi) is 6.88. The van der Waals surface area contributed by atoms with Crippen molar-refractivity contribution >= 4 is 45.9 Å². The topological polar surface area (TPSA) is 39.7 Å². The quantitative estimate of drug-likeness (QED) is 0.343. The van der Waals surface area contributed by atoms with Crippen LogP contribution in [0.1, 0.15) is 44.1 Å². The molecule has 6 heteroatoms. The van der Waals surface area contributed by atoms with Gasteiger partial charge in [0.15, 0.2) is 5.96 Å². The molecule has 2 N–H and O–H groups in total. The molecular weight excluding hydrogens is 503 g/mol. The van der Waals surface area contributed by atoms with E-state index in [1.165, 1.54) is 61.7 Å². The maximum atomic E-state index is 4.46. The summed E-state index contributed by atoms with van der Waals surface area (Å²) in [6.07, 6.45) is 7.79. The van der Waals surface area contributed by atoms with E-state index in [0.29, 0.717) is 6.04 Å².